The number of carbonyl (C=O) groups excluding carboxylic acids is 1. The highest BCUT2D eigenvalue weighted by molar-refractivity contribution is 5.79. The summed E-state index contributed by atoms with van der Waals surface area (Å²) in [5.74, 6) is -1.63. The molecule has 26 heavy (non-hydrogen) atoms. The predicted octanol–water partition coefficient (Wildman–Crippen LogP) is 2.83. The van der Waals surface area contributed by atoms with Gasteiger partial charge in [0.1, 0.15) is 11.6 Å². The fraction of sp³-hybridized carbons (Fsp3) is 0.300. The number of carboxylic acid groups (broad SMARTS) is 1. The molecule has 0 spiro atoms. The molecule has 138 valence electrons. The summed E-state index contributed by atoms with van der Waals surface area (Å²) in [6.07, 6.45) is 0.383. The lowest BCUT2D eigenvalue weighted by molar-refractivity contribution is -0.141. The van der Waals surface area contributed by atoms with E-state index >= 15 is 0 Å². The molecule has 0 aliphatic carbocycles. The van der Waals surface area contributed by atoms with Gasteiger partial charge in [-0.2, -0.15) is 0 Å². The summed E-state index contributed by atoms with van der Waals surface area (Å²) in [5.41, 5.74) is 1.52. The largest absolute Gasteiger partial charge is 0.494 e. The lowest BCUT2D eigenvalue weighted by Crippen LogP contribution is -2.34. The van der Waals surface area contributed by atoms with E-state index in [1.54, 1.807) is 12.1 Å². The van der Waals surface area contributed by atoms with Gasteiger partial charge in [-0.1, -0.05) is 24.3 Å². The van der Waals surface area contributed by atoms with Crippen LogP contribution in [0.15, 0.2) is 48.5 Å². The molecule has 6 heteroatoms. The minimum atomic E-state index is -0.971. The number of carboxylic acids is 1. The van der Waals surface area contributed by atoms with Crippen LogP contribution in [-0.4, -0.2) is 30.1 Å². The number of rotatable bonds is 9. The molecule has 0 aromatic heterocycles. The number of benzene rings is 2. The molecule has 0 radical (unpaired) electrons. The Hall–Kier alpha value is -2.89. The molecule has 1 atom stereocenters. The number of hydrogen-bond donors (Lipinski definition) is 2. The molecule has 1 unspecified atom stereocenters. The Morgan fingerprint density at radius 1 is 1.08 bits per heavy atom. The number of ether oxygens (including phenoxy) is 1. The van der Waals surface area contributed by atoms with E-state index in [0.29, 0.717) is 18.6 Å². The van der Waals surface area contributed by atoms with Crippen molar-refractivity contribution in [1.82, 2.24) is 5.32 Å². The molecule has 2 aromatic carbocycles. The number of amides is 1. The van der Waals surface area contributed by atoms with Crippen LogP contribution in [0.1, 0.15) is 18.1 Å². The first-order chi connectivity index (χ1) is 12.5. The van der Waals surface area contributed by atoms with Crippen LogP contribution >= 0.6 is 0 Å². The van der Waals surface area contributed by atoms with Gasteiger partial charge in [-0.05, 0) is 48.7 Å². The first kappa shape index (κ1) is 19.4. The van der Waals surface area contributed by atoms with E-state index in [0.717, 1.165) is 11.3 Å². The molecule has 0 heterocycles. The van der Waals surface area contributed by atoms with E-state index in [9.17, 15) is 19.1 Å². The number of carbonyl (C=O) groups is 2. The highest BCUT2D eigenvalue weighted by Crippen LogP contribution is 2.15. The van der Waals surface area contributed by atoms with Gasteiger partial charge in [-0.3, -0.25) is 9.59 Å². The second kappa shape index (κ2) is 9.56. The summed E-state index contributed by atoms with van der Waals surface area (Å²) >= 11 is 0. The number of nitrogens with one attached hydrogen (secondary N) is 1. The molecular formula is C20H22FNO4. The molecule has 0 aliphatic rings. The molecule has 2 N–H and O–H groups in total. The molecule has 0 fully saturated rings. The third-order valence-corrected chi connectivity index (χ3v) is 3.89. The zero-order valence-corrected chi connectivity index (χ0v) is 14.6. The van der Waals surface area contributed by atoms with Gasteiger partial charge in [0.2, 0.25) is 5.91 Å². The number of hydrogen-bond acceptors (Lipinski definition) is 3. The van der Waals surface area contributed by atoms with Crippen LogP contribution in [0.3, 0.4) is 0 Å². The van der Waals surface area contributed by atoms with Crippen LogP contribution in [0.4, 0.5) is 4.39 Å². The Balaban J connectivity index is 1.88. The summed E-state index contributed by atoms with van der Waals surface area (Å²) < 4.78 is 18.2. The molecule has 0 aliphatic heterocycles. The fourth-order valence-electron chi connectivity index (χ4n) is 2.51. The highest BCUT2D eigenvalue weighted by atomic mass is 19.1. The van der Waals surface area contributed by atoms with Gasteiger partial charge in [0.25, 0.3) is 0 Å². The summed E-state index contributed by atoms with van der Waals surface area (Å²) in [6.45, 7) is 2.49. The lowest BCUT2D eigenvalue weighted by atomic mass is 9.99. The van der Waals surface area contributed by atoms with Crippen molar-refractivity contribution in [3.05, 3.63) is 65.5 Å². The number of aliphatic carboxylic acids is 1. The van der Waals surface area contributed by atoms with E-state index in [2.05, 4.69) is 5.32 Å². The first-order valence-electron chi connectivity index (χ1n) is 8.43. The average Bonchev–Trinajstić information content (AvgIpc) is 2.62. The Morgan fingerprint density at radius 3 is 2.27 bits per heavy atom. The minimum absolute atomic E-state index is 0.0303. The van der Waals surface area contributed by atoms with E-state index in [-0.39, 0.29) is 24.7 Å². The Labute approximate surface area is 151 Å². The van der Waals surface area contributed by atoms with Crippen LogP contribution < -0.4 is 10.1 Å². The second-order valence-corrected chi connectivity index (χ2v) is 5.92. The van der Waals surface area contributed by atoms with Crippen LogP contribution in [0.2, 0.25) is 0 Å². The summed E-state index contributed by atoms with van der Waals surface area (Å²) in [6, 6.07) is 12.9. The Bertz CT molecular complexity index is 728. The van der Waals surface area contributed by atoms with E-state index < -0.39 is 11.9 Å². The average molecular weight is 359 g/mol. The summed E-state index contributed by atoms with van der Waals surface area (Å²) in [7, 11) is 0. The Morgan fingerprint density at radius 2 is 1.69 bits per heavy atom. The highest BCUT2D eigenvalue weighted by Gasteiger charge is 2.19. The first-order valence-corrected chi connectivity index (χ1v) is 8.43. The monoisotopic (exact) mass is 359 g/mol. The van der Waals surface area contributed by atoms with Crippen molar-refractivity contribution < 1.29 is 23.8 Å². The van der Waals surface area contributed by atoms with Crippen LogP contribution in [0.5, 0.6) is 5.75 Å². The fourth-order valence-corrected chi connectivity index (χ4v) is 2.51. The Kier molecular flexibility index (Phi) is 7.14. The van der Waals surface area contributed by atoms with Gasteiger partial charge in [0.15, 0.2) is 0 Å². The molecule has 1 amide bonds. The van der Waals surface area contributed by atoms with Gasteiger partial charge in [-0.15, -0.1) is 0 Å². The van der Waals surface area contributed by atoms with Crippen molar-refractivity contribution in [2.24, 2.45) is 5.92 Å². The van der Waals surface area contributed by atoms with Crippen molar-refractivity contribution in [1.29, 1.82) is 0 Å². The van der Waals surface area contributed by atoms with Crippen molar-refractivity contribution >= 4 is 11.9 Å². The van der Waals surface area contributed by atoms with Crippen LogP contribution in [-0.2, 0) is 22.4 Å². The second-order valence-electron chi connectivity index (χ2n) is 5.92. The summed E-state index contributed by atoms with van der Waals surface area (Å²) in [4.78, 5) is 23.4. The van der Waals surface area contributed by atoms with Gasteiger partial charge < -0.3 is 15.2 Å². The zero-order valence-electron chi connectivity index (χ0n) is 14.6. The van der Waals surface area contributed by atoms with Crippen molar-refractivity contribution in [3.63, 3.8) is 0 Å². The predicted molar refractivity (Wildman–Crippen MR) is 95.6 cm³/mol. The maximum Gasteiger partial charge on any atom is 0.308 e. The van der Waals surface area contributed by atoms with Crippen LogP contribution in [0.25, 0.3) is 0 Å². The van der Waals surface area contributed by atoms with E-state index in [4.69, 9.17) is 4.74 Å². The standard InChI is InChI=1S/C20H22FNO4/c1-2-26-18-9-5-14(6-10-18)11-16(20(24)25)13-22-19(23)12-15-3-7-17(21)8-4-15/h3-10,16H,2,11-13H2,1H3,(H,22,23)(H,24,25). The third-order valence-electron chi connectivity index (χ3n) is 3.89. The molecule has 0 saturated carbocycles. The van der Waals surface area contributed by atoms with E-state index in [1.807, 2.05) is 19.1 Å². The van der Waals surface area contributed by atoms with Gasteiger partial charge in [-0.25, -0.2) is 4.39 Å². The van der Waals surface area contributed by atoms with Gasteiger partial charge in [0, 0.05) is 6.54 Å². The number of halogens is 1. The quantitative estimate of drug-likeness (QED) is 0.722. The van der Waals surface area contributed by atoms with Crippen molar-refractivity contribution in [3.8, 4) is 5.75 Å². The normalized spacial score (nSPS) is 11.6. The molecule has 2 rings (SSSR count). The van der Waals surface area contributed by atoms with Crippen LogP contribution in [0, 0.1) is 11.7 Å². The van der Waals surface area contributed by atoms with Crippen molar-refractivity contribution in [2.45, 2.75) is 19.8 Å². The lowest BCUT2D eigenvalue weighted by Gasteiger charge is -2.14. The molecule has 5 nitrogen and oxygen atoms in total. The molecule has 0 saturated heterocycles. The summed E-state index contributed by atoms with van der Waals surface area (Å²) in [5, 5.41) is 12.0. The molecule has 0 bridgehead atoms. The maximum absolute atomic E-state index is 12.9. The van der Waals surface area contributed by atoms with Gasteiger partial charge >= 0.3 is 5.97 Å². The third kappa shape index (κ3) is 6.20. The topological polar surface area (TPSA) is 75.6 Å². The maximum atomic E-state index is 12.9. The SMILES string of the molecule is CCOc1ccc(CC(CNC(=O)Cc2ccc(F)cc2)C(=O)O)cc1. The molecule has 2 aromatic rings. The van der Waals surface area contributed by atoms with Gasteiger partial charge in [0.05, 0.1) is 18.9 Å². The van der Waals surface area contributed by atoms with E-state index in [1.165, 1.54) is 24.3 Å². The zero-order chi connectivity index (χ0) is 18.9. The molecular weight excluding hydrogens is 337 g/mol. The van der Waals surface area contributed by atoms with Crippen molar-refractivity contribution in [2.75, 3.05) is 13.2 Å². The smallest absolute Gasteiger partial charge is 0.308 e. The minimum Gasteiger partial charge on any atom is -0.494 e.